The predicted octanol–water partition coefficient (Wildman–Crippen LogP) is 0.260. The minimum atomic E-state index is -1.03. The first-order valence-corrected chi connectivity index (χ1v) is 7.05. The number of carboxylic acids is 1. The highest BCUT2D eigenvalue weighted by Gasteiger charge is 2.08. The molecule has 0 aliphatic heterocycles. The second-order valence-electron chi connectivity index (χ2n) is 4.95. The Balaban J connectivity index is 1.79. The van der Waals surface area contributed by atoms with Crippen LogP contribution in [0.5, 0.6) is 5.75 Å². The normalized spacial score (nSPS) is 10.2. The second-order valence-corrected chi connectivity index (χ2v) is 4.95. The maximum absolute atomic E-state index is 11.7. The molecule has 0 radical (unpaired) electrons. The first-order chi connectivity index (χ1) is 11.4. The zero-order chi connectivity index (χ0) is 17.5. The molecule has 0 aliphatic rings. The summed E-state index contributed by atoms with van der Waals surface area (Å²) in [5.74, 6) is -1.08. The first-order valence-electron chi connectivity index (χ1n) is 7.05. The van der Waals surface area contributed by atoms with Gasteiger partial charge in [0.05, 0.1) is 12.7 Å². The van der Waals surface area contributed by atoms with Gasteiger partial charge < -0.3 is 15.2 Å². The lowest BCUT2D eigenvalue weighted by atomic mass is 10.1. The van der Waals surface area contributed by atoms with E-state index in [2.05, 4.69) is 15.6 Å². The summed E-state index contributed by atoms with van der Waals surface area (Å²) in [6.07, 6.45) is 1.44. The van der Waals surface area contributed by atoms with Crippen molar-refractivity contribution in [2.24, 2.45) is 0 Å². The van der Waals surface area contributed by atoms with Crippen molar-refractivity contribution in [3.8, 4) is 5.75 Å². The molecule has 1 aromatic heterocycles. The quantitative estimate of drug-likeness (QED) is 0.665. The molecule has 1 aromatic carbocycles. The lowest BCUT2D eigenvalue weighted by molar-refractivity contribution is -0.138. The van der Waals surface area contributed by atoms with E-state index >= 15 is 0 Å². The van der Waals surface area contributed by atoms with Gasteiger partial charge in [-0.05, 0) is 19.1 Å². The molecule has 0 saturated carbocycles. The molecule has 2 rings (SSSR count). The van der Waals surface area contributed by atoms with E-state index in [1.807, 2.05) is 0 Å². The Bertz CT molecular complexity index is 756. The molecule has 126 valence electrons. The molecule has 1 heterocycles. The highest BCUT2D eigenvalue weighted by Crippen LogP contribution is 2.13. The Morgan fingerprint density at radius 1 is 1.33 bits per heavy atom. The number of hydrogen-bond acceptors (Lipinski definition) is 6. The Morgan fingerprint density at radius 2 is 2.12 bits per heavy atom. The molecule has 0 unspecified atom stereocenters. The van der Waals surface area contributed by atoms with Crippen LogP contribution in [0.3, 0.4) is 0 Å². The third kappa shape index (κ3) is 5.20. The van der Waals surface area contributed by atoms with E-state index in [1.54, 1.807) is 24.3 Å². The highest BCUT2D eigenvalue weighted by atomic mass is 16.5. The molecular formula is C15H16N4O5. The van der Waals surface area contributed by atoms with E-state index < -0.39 is 5.97 Å². The van der Waals surface area contributed by atoms with Gasteiger partial charge in [-0.2, -0.15) is 0 Å². The lowest BCUT2D eigenvalue weighted by Crippen LogP contribution is -2.28. The summed E-state index contributed by atoms with van der Waals surface area (Å²) < 4.78 is 6.48. The van der Waals surface area contributed by atoms with Crippen LogP contribution < -0.4 is 10.1 Å². The van der Waals surface area contributed by atoms with Crippen molar-refractivity contribution in [1.29, 1.82) is 0 Å². The third-order valence-electron chi connectivity index (χ3n) is 2.96. The average Bonchev–Trinajstić information content (AvgIpc) is 2.98. The minimum Gasteiger partial charge on any atom is -0.484 e. The highest BCUT2D eigenvalue weighted by molar-refractivity contribution is 5.94. The van der Waals surface area contributed by atoms with Gasteiger partial charge in [-0.1, -0.05) is 17.3 Å². The van der Waals surface area contributed by atoms with E-state index in [4.69, 9.17) is 9.84 Å². The van der Waals surface area contributed by atoms with Crippen LogP contribution in [-0.4, -0.2) is 44.4 Å². The number of carboxylic acid groups (broad SMARTS) is 1. The Labute approximate surface area is 137 Å². The van der Waals surface area contributed by atoms with Crippen LogP contribution in [0.4, 0.5) is 0 Å². The summed E-state index contributed by atoms with van der Waals surface area (Å²) in [5, 5.41) is 18.6. The fraction of sp³-hybridized carbons (Fsp3) is 0.267. The van der Waals surface area contributed by atoms with E-state index in [0.29, 0.717) is 17.0 Å². The first kappa shape index (κ1) is 17.1. The third-order valence-corrected chi connectivity index (χ3v) is 2.96. The second kappa shape index (κ2) is 7.86. The topological polar surface area (TPSA) is 123 Å². The molecule has 0 fully saturated rings. The number of rotatable bonds is 8. The number of Topliss-reactive ketones (excluding diaryl/α,β-unsaturated/α-hetero) is 1. The molecule has 0 aliphatic carbocycles. The Hall–Kier alpha value is -3.23. The van der Waals surface area contributed by atoms with Crippen LogP contribution in [-0.2, 0) is 22.7 Å². The van der Waals surface area contributed by atoms with E-state index in [9.17, 15) is 14.4 Å². The summed E-state index contributed by atoms with van der Waals surface area (Å²) in [5.41, 5.74) is 0.936. The van der Waals surface area contributed by atoms with Crippen LogP contribution in [0.2, 0.25) is 0 Å². The van der Waals surface area contributed by atoms with Gasteiger partial charge in [0, 0.05) is 5.56 Å². The number of aromatic nitrogens is 3. The molecule has 2 N–H and O–H groups in total. The summed E-state index contributed by atoms with van der Waals surface area (Å²) in [6.45, 7) is 1.04. The van der Waals surface area contributed by atoms with Crippen molar-refractivity contribution in [1.82, 2.24) is 20.3 Å². The van der Waals surface area contributed by atoms with Crippen molar-refractivity contribution < 1.29 is 24.2 Å². The molecule has 0 bridgehead atoms. The van der Waals surface area contributed by atoms with Crippen LogP contribution in [0.1, 0.15) is 23.0 Å². The zero-order valence-electron chi connectivity index (χ0n) is 12.9. The number of carbonyl (C=O) groups excluding carboxylic acids is 2. The molecule has 0 atom stereocenters. The molecule has 9 heteroatoms. The van der Waals surface area contributed by atoms with Crippen molar-refractivity contribution >= 4 is 17.7 Å². The Morgan fingerprint density at radius 3 is 2.83 bits per heavy atom. The largest absolute Gasteiger partial charge is 0.484 e. The number of benzene rings is 1. The average molecular weight is 332 g/mol. The summed E-state index contributed by atoms with van der Waals surface area (Å²) >= 11 is 0. The Kier molecular flexibility index (Phi) is 5.61. The van der Waals surface area contributed by atoms with Crippen molar-refractivity contribution in [3.05, 3.63) is 41.7 Å². The maximum Gasteiger partial charge on any atom is 0.325 e. The smallest absolute Gasteiger partial charge is 0.325 e. The standard InChI is InChI=1S/C15H16N4O5/c1-10(20)11-3-2-4-13(5-11)24-9-14(21)16-6-12-7-19(18-17-12)8-15(22)23/h2-5,7H,6,8-9H2,1H3,(H,16,21)(H,22,23). The van der Waals surface area contributed by atoms with Crippen LogP contribution >= 0.6 is 0 Å². The molecule has 0 spiro atoms. The van der Waals surface area contributed by atoms with E-state index in [-0.39, 0.29) is 31.4 Å². The fourth-order valence-electron chi connectivity index (χ4n) is 1.83. The van der Waals surface area contributed by atoms with Crippen LogP contribution in [0, 0.1) is 0 Å². The zero-order valence-corrected chi connectivity index (χ0v) is 12.9. The van der Waals surface area contributed by atoms with Gasteiger partial charge in [0.25, 0.3) is 5.91 Å². The number of ether oxygens (including phenoxy) is 1. The van der Waals surface area contributed by atoms with Gasteiger partial charge in [-0.15, -0.1) is 5.10 Å². The van der Waals surface area contributed by atoms with Gasteiger partial charge in [0.15, 0.2) is 12.4 Å². The number of amides is 1. The van der Waals surface area contributed by atoms with Gasteiger partial charge >= 0.3 is 5.97 Å². The van der Waals surface area contributed by atoms with E-state index in [0.717, 1.165) is 4.68 Å². The maximum atomic E-state index is 11.7. The molecule has 2 aromatic rings. The van der Waals surface area contributed by atoms with Crippen LogP contribution in [0.15, 0.2) is 30.5 Å². The summed E-state index contributed by atoms with van der Waals surface area (Å²) in [4.78, 5) is 33.6. The minimum absolute atomic E-state index is 0.0886. The van der Waals surface area contributed by atoms with Gasteiger partial charge in [-0.25, -0.2) is 4.68 Å². The molecule has 9 nitrogen and oxygen atoms in total. The van der Waals surface area contributed by atoms with Crippen LogP contribution in [0.25, 0.3) is 0 Å². The molecule has 1 amide bonds. The predicted molar refractivity (Wildman–Crippen MR) is 81.4 cm³/mol. The number of ketones is 1. The van der Waals surface area contributed by atoms with Crippen molar-refractivity contribution in [2.45, 2.75) is 20.0 Å². The number of nitrogens with zero attached hydrogens (tertiary/aromatic N) is 3. The fourth-order valence-corrected chi connectivity index (χ4v) is 1.83. The SMILES string of the molecule is CC(=O)c1cccc(OCC(=O)NCc2cn(CC(=O)O)nn2)c1. The summed E-state index contributed by atoms with van der Waals surface area (Å²) in [7, 11) is 0. The van der Waals surface area contributed by atoms with E-state index in [1.165, 1.54) is 13.1 Å². The van der Waals surface area contributed by atoms with Crippen molar-refractivity contribution in [3.63, 3.8) is 0 Å². The number of carbonyl (C=O) groups is 3. The molecular weight excluding hydrogens is 316 g/mol. The lowest BCUT2D eigenvalue weighted by Gasteiger charge is -2.07. The number of aliphatic carboxylic acids is 1. The monoisotopic (exact) mass is 332 g/mol. The molecule has 24 heavy (non-hydrogen) atoms. The number of nitrogens with one attached hydrogen (secondary N) is 1. The summed E-state index contributed by atoms with van der Waals surface area (Å²) in [6, 6.07) is 6.55. The van der Waals surface area contributed by atoms with Crippen molar-refractivity contribution in [2.75, 3.05) is 6.61 Å². The number of hydrogen-bond donors (Lipinski definition) is 2. The van der Waals surface area contributed by atoms with Gasteiger partial charge in [0.2, 0.25) is 0 Å². The van der Waals surface area contributed by atoms with Gasteiger partial charge in [-0.3, -0.25) is 14.4 Å². The van der Waals surface area contributed by atoms with Gasteiger partial charge in [0.1, 0.15) is 18.0 Å². The molecule has 0 saturated heterocycles.